The summed E-state index contributed by atoms with van der Waals surface area (Å²) in [6, 6.07) is -0.156. The van der Waals surface area contributed by atoms with E-state index in [0.29, 0.717) is 0 Å². The number of halogens is 3. The molecule has 0 aromatic heterocycles. The SMILES string of the molecule is CC[C@@H](NC(=O)Nc1c(F)cc(Br)cc1F)C(=O)O. The van der Waals surface area contributed by atoms with Crippen LogP contribution >= 0.6 is 15.9 Å². The van der Waals surface area contributed by atoms with E-state index >= 15 is 0 Å². The van der Waals surface area contributed by atoms with Gasteiger partial charge in [0.15, 0.2) is 11.6 Å². The lowest BCUT2D eigenvalue weighted by Gasteiger charge is -2.14. The van der Waals surface area contributed by atoms with Crippen LogP contribution in [-0.4, -0.2) is 23.1 Å². The van der Waals surface area contributed by atoms with Crippen LogP contribution in [0.5, 0.6) is 0 Å². The molecule has 0 saturated heterocycles. The summed E-state index contributed by atoms with van der Waals surface area (Å²) < 4.78 is 27.0. The first-order chi connectivity index (χ1) is 8.85. The van der Waals surface area contributed by atoms with Gasteiger partial charge in [-0.1, -0.05) is 22.9 Å². The molecule has 0 radical (unpaired) electrons. The van der Waals surface area contributed by atoms with Crippen molar-refractivity contribution in [2.75, 3.05) is 5.32 Å². The Morgan fingerprint density at radius 2 is 1.89 bits per heavy atom. The molecule has 0 heterocycles. The lowest BCUT2D eigenvalue weighted by atomic mass is 10.2. The van der Waals surface area contributed by atoms with E-state index in [1.807, 2.05) is 5.32 Å². The molecule has 8 heteroatoms. The standard InChI is InChI=1S/C11H11BrF2N2O3/c1-2-8(10(17)18)15-11(19)16-9-6(13)3-5(12)4-7(9)14/h3-4,8H,2H2,1H3,(H,17,18)(H2,15,16,19)/t8-/m1/s1. The maximum atomic E-state index is 13.4. The zero-order chi connectivity index (χ0) is 14.6. The number of nitrogens with one attached hydrogen (secondary N) is 2. The zero-order valence-electron chi connectivity index (χ0n) is 9.84. The van der Waals surface area contributed by atoms with Gasteiger partial charge in [-0.05, 0) is 18.6 Å². The van der Waals surface area contributed by atoms with Crippen LogP contribution in [0.15, 0.2) is 16.6 Å². The molecule has 0 saturated carbocycles. The lowest BCUT2D eigenvalue weighted by molar-refractivity contribution is -0.139. The number of carbonyl (C=O) groups is 2. The molecule has 1 aromatic rings. The summed E-state index contributed by atoms with van der Waals surface area (Å²) in [5.41, 5.74) is -0.638. The molecule has 1 rings (SSSR count). The third-order valence-corrected chi connectivity index (χ3v) is 2.71. The summed E-state index contributed by atoms with van der Waals surface area (Å²) in [6.07, 6.45) is 0.147. The molecule has 0 aliphatic carbocycles. The quantitative estimate of drug-likeness (QED) is 0.790. The van der Waals surface area contributed by atoms with Gasteiger partial charge in [0, 0.05) is 4.47 Å². The average Bonchev–Trinajstić information content (AvgIpc) is 2.30. The van der Waals surface area contributed by atoms with Gasteiger partial charge in [0.25, 0.3) is 0 Å². The van der Waals surface area contributed by atoms with Crippen molar-refractivity contribution < 1.29 is 23.5 Å². The Kier molecular flexibility index (Phi) is 5.22. The number of carboxylic acids is 1. The lowest BCUT2D eigenvalue weighted by Crippen LogP contribution is -2.42. The second-order valence-electron chi connectivity index (χ2n) is 3.64. The van der Waals surface area contributed by atoms with Crippen LogP contribution in [-0.2, 0) is 4.79 Å². The van der Waals surface area contributed by atoms with Crippen LogP contribution in [0.2, 0.25) is 0 Å². The van der Waals surface area contributed by atoms with Crippen molar-refractivity contribution in [3.8, 4) is 0 Å². The normalized spacial score (nSPS) is 11.8. The highest BCUT2D eigenvalue weighted by Gasteiger charge is 2.19. The zero-order valence-corrected chi connectivity index (χ0v) is 11.4. The Balaban J connectivity index is 2.80. The average molecular weight is 337 g/mol. The summed E-state index contributed by atoms with van der Waals surface area (Å²) >= 11 is 2.90. The van der Waals surface area contributed by atoms with Crippen molar-refractivity contribution in [2.24, 2.45) is 0 Å². The molecule has 0 unspecified atom stereocenters. The number of urea groups is 1. The summed E-state index contributed by atoms with van der Waals surface area (Å²) in [7, 11) is 0. The van der Waals surface area contributed by atoms with Crippen LogP contribution in [0.1, 0.15) is 13.3 Å². The van der Waals surface area contributed by atoms with Crippen LogP contribution < -0.4 is 10.6 Å². The van der Waals surface area contributed by atoms with Gasteiger partial charge < -0.3 is 15.7 Å². The first kappa shape index (κ1) is 15.4. The highest BCUT2D eigenvalue weighted by atomic mass is 79.9. The van der Waals surface area contributed by atoms with Crippen molar-refractivity contribution in [1.82, 2.24) is 5.32 Å². The van der Waals surface area contributed by atoms with Gasteiger partial charge >= 0.3 is 12.0 Å². The highest BCUT2D eigenvalue weighted by Crippen LogP contribution is 2.23. The number of benzene rings is 1. The molecule has 3 N–H and O–H groups in total. The maximum Gasteiger partial charge on any atom is 0.326 e. The maximum absolute atomic E-state index is 13.4. The molecular formula is C11H11BrF2N2O3. The first-order valence-corrected chi connectivity index (χ1v) is 6.09. The topological polar surface area (TPSA) is 78.4 Å². The van der Waals surface area contributed by atoms with Crippen LogP contribution in [0, 0.1) is 11.6 Å². The van der Waals surface area contributed by atoms with Crippen LogP contribution in [0.25, 0.3) is 0 Å². The minimum atomic E-state index is -1.23. The molecule has 2 amide bonds. The van der Waals surface area contributed by atoms with Crippen molar-refractivity contribution in [3.63, 3.8) is 0 Å². The van der Waals surface area contributed by atoms with Crippen molar-refractivity contribution in [2.45, 2.75) is 19.4 Å². The molecule has 0 bridgehead atoms. The molecule has 0 aliphatic rings. The van der Waals surface area contributed by atoms with Gasteiger partial charge in [-0.2, -0.15) is 0 Å². The molecule has 104 valence electrons. The summed E-state index contributed by atoms with van der Waals surface area (Å²) in [5, 5.41) is 12.8. The molecule has 1 atom stereocenters. The summed E-state index contributed by atoms with van der Waals surface area (Å²) in [6.45, 7) is 1.56. The second-order valence-corrected chi connectivity index (χ2v) is 4.56. The number of anilines is 1. The van der Waals surface area contributed by atoms with Gasteiger partial charge in [0.1, 0.15) is 11.7 Å². The largest absolute Gasteiger partial charge is 0.480 e. The summed E-state index contributed by atoms with van der Waals surface area (Å²) in [4.78, 5) is 22.1. The predicted molar refractivity (Wildman–Crippen MR) is 67.9 cm³/mol. The Morgan fingerprint density at radius 3 is 2.32 bits per heavy atom. The molecule has 5 nitrogen and oxygen atoms in total. The van der Waals surface area contributed by atoms with Crippen molar-refractivity contribution in [3.05, 3.63) is 28.2 Å². The van der Waals surface area contributed by atoms with Crippen LogP contribution in [0.4, 0.5) is 19.3 Å². The number of rotatable bonds is 4. The minimum Gasteiger partial charge on any atom is -0.480 e. The number of hydrogen-bond donors (Lipinski definition) is 3. The summed E-state index contributed by atoms with van der Waals surface area (Å²) in [5.74, 6) is -3.16. The Morgan fingerprint density at radius 1 is 1.37 bits per heavy atom. The van der Waals surface area contributed by atoms with E-state index in [9.17, 15) is 18.4 Å². The Labute approximate surface area is 116 Å². The number of carboxylic acid groups (broad SMARTS) is 1. The Hall–Kier alpha value is -1.70. The van der Waals surface area contributed by atoms with Crippen LogP contribution in [0.3, 0.4) is 0 Å². The van der Waals surface area contributed by atoms with E-state index in [2.05, 4.69) is 21.2 Å². The molecule has 19 heavy (non-hydrogen) atoms. The fraction of sp³-hybridized carbons (Fsp3) is 0.273. The van der Waals surface area contributed by atoms with Gasteiger partial charge in [0.2, 0.25) is 0 Å². The molecule has 0 aliphatic heterocycles. The van der Waals surface area contributed by atoms with E-state index in [4.69, 9.17) is 5.11 Å². The number of aliphatic carboxylic acids is 1. The molecule has 0 spiro atoms. The number of carbonyl (C=O) groups excluding carboxylic acids is 1. The fourth-order valence-corrected chi connectivity index (χ4v) is 1.71. The van der Waals surface area contributed by atoms with E-state index in [1.54, 1.807) is 6.92 Å². The van der Waals surface area contributed by atoms with Gasteiger partial charge in [-0.15, -0.1) is 0 Å². The number of hydrogen-bond acceptors (Lipinski definition) is 2. The van der Waals surface area contributed by atoms with Gasteiger partial charge in [-0.25, -0.2) is 18.4 Å². The monoisotopic (exact) mass is 336 g/mol. The third kappa shape index (κ3) is 4.16. The highest BCUT2D eigenvalue weighted by molar-refractivity contribution is 9.10. The second kappa shape index (κ2) is 6.46. The molecule has 1 aromatic carbocycles. The number of amides is 2. The Bertz CT molecular complexity index is 488. The third-order valence-electron chi connectivity index (χ3n) is 2.26. The van der Waals surface area contributed by atoms with Gasteiger partial charge in [-0.3, -0.25) is 0 Å². The van der Waals surface area contributed by atoms with Crippen molar-refractivity contribution in [1.29, 1.82) is 0 Å². The molecule has 0 fully saturated rings. The van der Waals surface area contributed by atoms with E-state index in [1.165, 1.54) is 0 Å². The van der Waals surface area contributed by atoms with E-state index < -0.39 is 35.4 Å². The first-order valence-electron chi connectivity index (χ1n) is 5.30. The minimum absolute atomic E-state index is 0.147. The van der Waals surface area contributed by atoms with E-state index in [0.717, 1.165) is 12.1 Å². The van der Waals surface area contributed by atoms with Gasteiger partial charge in [0.05, 0.1) is 0 Å². The fourth-order valence-electron chi connectivity index (χ4n) is 1.31. The van der Waals surface area contributed by atoms with E-state index in [-0.39, 0.29) is 10.9 Å². The smallest absolute Gasteiger partial charge is 0.326 e. The van der Waals surface area contributed by atoms with Crippen molar-refractivity contribution >= 4 is 33.6 Å². The molecular weight excluding hydrogens is 326 g/mol. The predicted octanol–water partition coefficient (Wildman–Crippen LogP) is 2.71.